The molecule has 0 saturated heterocycles. The summed E-state index contributed by atoms with van der Waals surface area (Å²) < 4.78 is 12.5. The van der Waals surface area contributed by atoms with E-state index in [1.165, 1.54) is 0 Å². The molecular weight excluding hydrogens is 368 g/mol. The van der Waals surface area contributed by atoms with Gasteiger partial charge in [-0.25, -0.2) is 4.68 Å². The van der Waals surface area contributed by atoms with Gasteiger partial charge in [0.05, 0.1) is 26.0 Å². The number of methoxy groups -OCH3 is 1. The number of hydrogen-bond acceptors (Lipinski definition) is 5. The number of fused-ring (bicyclic) bond motifs is 1. The van der Waals surface area contributed by atoms with E-state index in [1.807, 2.05) is 61.5 Å². The zero-order valence-corrected chi connectivity index (χ0v) is 16.5. The van der Waals surface area contributed by atoms with Crippen molar-refractivity contribution in [3.63, 3.8) is 0 Å². The summed E-state index contributed by atoms with van der Waals surface area (Å²) >= 11 is 0. The lowest BCUT2D eigenvalue weighted by atomic mass is 10.1. The summed E-state index contributed by atoms with van der Waals surface area (Å²) in [6, 6.07) is 17.4. The number of hydrogen-bond donors (Lipinski definition) is 2. The zero-order chi connectivity index (χ0) is 20.2. The Balaban J connectivity index is 1.53. The second kappa shape index (κ2) is 8.36. The second-order valence-corrected chi connectivity index (χ2v) is 6.78. The topological polar surface area (TPSA) is 77.4 Å². The summed E-state index contributed by atoms with van der Waals surface area (Å²) in [4.78, 5) is 12.3. The molecule has 0 fully saturated rings. The lowest BCUT2D eigenvalue weighted by Gasteiger charge is -2.26. The molecule has 0 spiro atoms. The highest BCUT2D eigenvalue weighted by Crippen LogP contribution is 2.25. The molecule has 7 heteroatoms. The van der Waals surface area contributed by atoms with Crippen LogP contribution in [0.15, 0.2) is 54.6 Å². The van der Waals surface area contributed by atoms with E-state index in [0.717, 1.165) is 28.3 Å². The molecule has 0 aliphatic carbocycles. The van der Waals surface area contributed by atoms with Gasteiger partial charge < -0.3 is 14.8 Å². The van der Waals surface area contributed by atoms with E-state index in [4.69, 9.17) is 14.6 Å². The van der Waals surface area contributed by atoms with Crippen molar-refractivity contribution in [1.29, 1.82) is 0 Å². The number of rotatable bonds is 7. The predicted molar refractivity (Wildman–Crippen MR) is 110 cm³/mol. The lowest BCUT2D eigenvalue weighted by Crippen LogP contribution is -2.45. The molecule has 7 nitrogen and oxygen atoms in total. The van der Waals surface area contributed by atoms with Crippen LogP contribution in [0, 0.1) is 0 Å². The predicted octanol–water partition coefficient (Wildman–Crippen LogP) is 2.99. The molecule has 2 heterocycles. The van der Waals surface area contributed by atoms with Gasteiger partial charge >= 0.3 is 0 Å². The quantitative estimate of drug-likeness (QED) is 0.646. The van der Waals surface area contributed by atoms with E-state index in [0.29, 0.717) is 25.4 Å². The molecule has 1 atom stereocenters. The summed E-state index contributed by atoms with van der Waals surface area (Å²) in [5.74, 6) is 1.52. The maximum Gasteiger partial charge on any atom is 0.269 e. The van der Waals surface area contributed by atoms with Gasteiger partial charge in [-0.1, -0.05) is 12.1 Å². The number of benzene rings is 2. The van der Waals surface area contributed by atoms with E-state index in [-0.39, 0.29) is 12.1 Å². The molecule has 0 radical (unpaired) electrons. The molecular formula is C22H24N4O3. The fourth-order valence-corrected chi connectivity index (χ4v) is 3.38. The minimum absolute atomic E-state index is 0.117. The Bertz CT molecular complexity index is 998. The van der Waals surface area contributed by atoms with Crippen molar-refractivity contribution in [1.82, 2.24) is 20.4 Å². The Morgan fingerprint density at radius 2 is 2.00 bits per heavy atom. The van der Waals surface area contributed by atoms with E-state index < -0.39 is 0 Å². The summed E-state index contributed by atoms with van der Waals surface area (Å²) in [5, 5.41) is 11.1. The van der Waals surface area contributed by atoms with E-state index in [2.05, 4.69) is 10.6 Å². The molecule has 2 N–H and O–H groups in total. The van der Waals surface area contributed by atoms with Crippen LogP contribution in [0.4, 0.5) is 0 Å². The number of amides is 1. The maximum atomic E-state index is 12.3. The van der Waals surface area contributed by atoms with Crippen molar-refractivity contribution in [3.8, 4) is 22.8 Å². The number of carbonyl (C=O) groups is 1. The Kier molecular flexibility index (Phi) is 5.48. The average Bonchev–Trinajstić information content (AvgIpc) is 3.20. The van der Waals surface area contributed by atoms with Crippen LogP contribution in [-0.4, -0.2) is 35.9 Å². The van der Waals surface area contributed by atoms with Crippen molar-refractivity contribution in [2.45, 2.75) is 19.6 Å². The monoisotopic (exact) mass is 392 g/mol. The van der Waals surface area contributed by atoms with Gasteiger partial charge in [0.1, 0.15) is 23.4 Å². The van der Waals surface area contributed by atoms with Crippen molar-refractivity contribution in [2.24, 2.45) is 0 Å². The van der Waals surface area contributed by atoms with E-state index in [9.17, 15) is 4.79 Å². The van der Waals surface area contributed by atoms with E-state index in [1.54, 1.807) is 11.8 Å². The lowest BCUT2D eigenvalue weighted by molar-refractivity contribution is 0.0900. The van der Waals surface area contributed by atoms with Gasteiger partial charge in [-0.3, -0.25) is 10.1 Å². The third-order valence-electron chi connectivity index (χ3n) is 4.86. The molecule has 1 aliphatic heterocycles. The fraction of sp³-hybridized carbons (Fsp3) is 0.273. The summed E-state index contributed by atoms with van der Waals surface area (Å²) in [7, 11) is 1.63. The van der Waals surface area contributed by atoms with Crippen molar-refractivity contribution in [2.75, 3.05) is 20.3 Å². The molecule has 29 heavy (non-hydrogen) atoms. The molecule has 4 rings (SSSR count). The standard InChI is InChI=1S/C22H24N4O3/c1-3-29-18-6-4-5-15(11-18)13-23-21-14-24-22(27)20-12-19(25-26(20)21)16-7-9-17(28-2)10-8-16/h4-12,21,23H,3,13-14H2,1-2H3,(H,24,27)/t21-/m0/s1. The Labute approximate surface area is 169 Å². The number of nitrogens with zero attached hydrogens (tertiary/aromatic N) is 2. The van der Waals surface area contributed by atoms with E-state index >= 15 is 0 Å². The Morgan fingerprint density at radius 3 is 2.76 bits per heavy atom. The normalized spacial score (nSPS) is 15.5. The fourth-order valence-electron chi connectivity index (χ4n) is 3.38. The third kappa shape index (κ3) is 4.09. The summed E-state index contributed by atoms with van der Waals surface area (Å²) in [6.07, 6.45) is -0.134. The van der Waals surface area contributed by atoms with Crippen LogP contribution in [0.3, 0.4) is 0 Å². The number of aromatic nitrogens is 2. The number of carbonyl (C=O) groups excluding carboxylic acids is 1. The third-order valence-corrected chi connectivity index (χ3v) is 4.86. The highest BCUT2D eigenvalue weighted by Gasteiger charge is 2.27. The van der Waals surface area contributed by atoms with Crippen LogP contribution in [0.2, 0.25) is 0 Å². The van der Waals surface area contributed by atoms with Crippen LogP contribution in [0.25, 0.3) is 11.3 Å². The first-order valence-electron chi connectivity index (χ1n) is 9.65. The van der Waals surface area contributed by atoms with Crippen LogP contribution >= 0.6 is 0 Å². The van der Waals surface area contributed by atoms with Gasteiger partial charge in [-0.15, -0.1) is 0 Å². The first-order valence-corrected chi connectivity index (χ1v) is 9.65. The molecule has 0 saturated carbocycles. The smallest absolute Gasteiger partial charge is 0.269 e. The van der Waals surface area contributed by atoms with Gasteiger partial charge in [0.25, 0.3) is 5.91 Å². The highest BCUT2D eigenvalue weighted by atomic mass is 16.5. The molecule has 150 valence electrons. The highest BCUT2D eigenvalue weighted by molar-refractivity contribution is 5.94. The molecule has 3 aromatic rings. The molecule has 0 unspecified atom stereocenters. The average molecular weight is 392 g/mol. The van der Waals surface area contributed by atoms with Gasteiger partial charge in [0.15, 0.2) is 0 Å². The largest absolute Gasteiger partial charge is 0.497 e. The molecule has 1 aromatic heterocycles. The van der Waals surface area contributed by atoms with Crippen molar-refractivity contribution >= 4 is 5.91 Å². The zero-order valence-electron chi connectivity index (χ0n) is 16.5. The van der Waals surface area contributed by atoms with Crippen molar-refractivity contribution < 1.29 is 14.3 Å². The number of nitrogens with one attached hydrogen (secondary N) is 2. The first-order chi connectivity index (χ1) is 14.2. The molecule has 2 aromatic carbocycles. The van der Waals surface area contributed by atoms with Gasteiger partial charge in [0, 0.05) is 12.1 Å². The minimum Gasteiger partial charge on any atom is -0.497 e. The maximum absolute atomic E-state index is 12.3. The number of ether oxygens (including phenoxy) is 2. The van der Waals surface area contributed by atoms with Crippen LogP contribution in [-0.2, 0) is 6.54 Å². The van der Waals surface area contributed by atoms with Crippen molar-refractivity contribution in [3.05, 3.63) is 65.9 Å². The summed E-state index contributed by atoms with van der Waals surface area (Å²) in [6.45, 7) is 3.71. The second-order valence-electron chi connectivity index (χ2n) is 6.78. The van der Waals surface area contributed by atoms with Crippen LogP contribution in [0.5, 0.6) is 11.5 Å². The minimum atomic E-state index is -0.134. The molecule has 1 aliphatic rings. The molecule has 1 amide bonds. The Morgan fingerprint density at radius 1 is 1.17 bits per heavy atom. The van der Waals surface area contributed by atoms with Crippen LogP contribution in [0.1, 0.15) is 29.1 Å². The van der Waals surface area contributed by atoms with Gasteiger partial charge in [-0.05, 0) is 55.0 Å². The SMILES string of the molecule is CCOc1cccc(CN[C@@H]2CNC(=O)c3cc(-c4ccc(OC)cc4)nn32)c1. The first kappa shape index (κ1) is 19.0. The van der Waals surface area contributed by atoms with Gasteiger partial charge in [-0.2, -0.15) is 5.10 Å². The molecule has 0 bridgehead atoms. The Hall–Kier alpha value is -3.32. The summed E-state index contributed by atoms with van der Waals surface area (Å²) in [5.41, 5.74) is 3.34. The van der Waals surface area contributed by atoms with Crippen LogP contribution < -0.4 is 20.1 Å². The van der Waals surface area contributed by atoms with Gasteiger partial charge in [0.2, 0.25) is 0 Å².